The Hall–Kier alpha value is -2.28. The van der Waals surface area contributed by atoms with Crippen LogP contribution in [-0.2, 0) is 19.1 Å². The second kappa shape index (κ2) is 11.3. The van der Waals surface area contributed by atoms with Gasteiger partial charge in [0.25, 0.3) is 0 Å². The van der Waals surface area contributed by atoms with E-state index in [9.17, 15) is 14.4 Å². The molecule has 0 aliphatic carbocycles. The fourth-order valence-corrected chi connectivity index (χ4v) is 2.23. The van der Waals surface area contributed by atoms with Crippen LogP contribution in [0.3, 0.4) is 0 Å². The number of urea groups is 1. The van der Waals surface area contributed by atoms with E-state index >= 15 is 0 Å². The van der Waals surface area contributed by atoms with Crippen molar-refractivity contribution in [3.8, 4) is 0 Å². The van der Waals surface area contributed by atoms with Gasteiger partial charge in [0, 0.05) is 18.0 Å². The summed E-state index contributed by atoms with van der Waals surface area (Å²) in [5.41, 5.74) is 0.746. The topological polar surface area (TPSA) is 93.7 Å². The van der Waals surface area contributed by atoms with E-state index in [2.05, 4.69) is 20.1 Å². The molecule has 0 aromatic heterocycles. The number of methoxy groups -OCH3 is 2. The molecule has 1 unspecified atom stereocenters. The Morgan fingerprint density at radius 2 is 1.68 bits per heavy atom. The zero-order valence-electron chi connectivity index (χ0n) is 14.3. The Balaban J connectivity index is 2.50. The van der Waals surface area contributed by atoms with E-state index in [0.717, 1.165) is 5.56 Å². The van der Waals surface area contributed by atoms with Crippen LogP contribution in [0.5, 0.6) is 0 Å². The summed E-state index contributed by atoms with van der Waals surface area (Å²) in [6.07, 6.45) is 1.59. The molecule has 2 N–H and O–H groups in total. The average molecular weight is 371 g/mol. The summed E-state index contributed by atoms with van der Waals surface area (Å²) >= 11 is 5.86. The second-order valence-electron chi connectivity index (χ2n) is 5.32. The van der Waals surface area contributed by atoms with Crippen molar-refractivity contribution >= 4 is 29.6 Å². The van der Waals surface area contributed by atoms with Crippen molar-refractivity contribution < 1.29 is 23.9 Å². The van der Waals surface area contributed by atoms with Crippen molar-refractivity contribution in [2.24, 2.45) is 0 Å². The number of rotatable bonds is 9. The third kappa shape index (κ3) is 8.39. The number of amides is 2. The van der Waals surface area contributed by atoms with Gasteiger partial charge in [0.2, 0.25) is 0 Å². The molecule has 0 aliphatic heterocycles. The van der Waals surface area contributed by atoms with Crippen LogP contribution in [0.15, 0.2) is 24.3 Å². The van der Waals surface area contributed by atoms with Gasteiger partial charge >= 0.3 is 18.0 Å². The van der Waals surface area contributed by atoms with E-state index in [0.29, 0.717) is 30.8 Å². The molecule has 1 atom stereocenters. The van der Waals surface area contributed by atoms with Gasteiger partial charge in [-0.2, -0.15) is 0 Å². The van der Waals surface area contributed by atoms with Gasteiger partial charge in [0.15, 0.2) is 0 Å². The Labute approximate surface area is 152 Å². The second-order valence-corrected chi connectivity index (χ2v) is 5.75. The lowest BCUT2D eigenvalue weighted by Crippen LogP contribution is -2.39. The molecule has 0 saturated heterocycles. The van der Waals surface area contributed by atoms with Crippen LogP contribution in [0.4, 0.5) is 4.79 Å². The summed E-state index contributed by atoms with van der Waals surface area (Å²) in [7, 11) is 2.63. The molecule has 0 heterocycles. The van der Waals surface area contributed by atoms with Crippen molar-refractivity contribution in [3.63, 3.8) is 0 Å². The molecule has 1 aromatic rings. The molecule has 0 radical (unpaired) electrons. The molecule has 2 amide bonds. The number of carbonyl (C=O) groups excluding carboxylic acids is 3. The number of ether oxygens (including phenoxy) is 2. The van der Waals surface area contributed by atoms with Crippen LogP contribution in [-0.4, -0.2) is 38.7 Å². The molecular weight excluding hydrogens is 348 g/mol. The van der Waals surface area contributed by atoms with Crippen LogP contribution in [0, 0.1) is 0 Å². The predicted molar refractivity (Wildman–Crippen MR) is 93.2 cm³/mol. The largest absolute Gasteiger partial charge is 0.469 e. The SMILES string of the molecule is COC(=O)CCCCNC(=O)NC(CC(=O)OC)c1ccc(Cl)cc1. The number of esters is 2. The quantitative estimate of drug-likeness (QED) is 0.514. The highest BCUT2D eigenvalue weighted by Crippen LogP contribution is 2.19. The fraction of sp³-hybridized carbons (Fsp3) is 0.471. The summed E-state index contributed by atoms with van der Waals surface area (Å²) in [4.78, 5) is 34.6. The predicted octanol–water partition coefficient (Wildman–Crippen LogP) is 2.59. The smallest absolute Gasteiger partial charge is 0.315 e. The summed E-state index contributed by atoms with van der Waals surface area (Å²) < 4.78 is 9.22. The van der Waals surface area contributed by atoms with E-state index in [1.165, 1.54) is 14.2 Å². The number of unbranched alkanes of at least 4 members (excludes halogenated alkanes) is 1. The van der Waals surface area contributed by atoms with Gasteiger partial charge in [0.1, 0.15) is 0 Å². The summed E-state index contributed by atoms with van der Waals surface area (Å²) in [6.45, 7) is 0.411. The minimum absolute atomic E-state index is 0.00783. The maximum absolute atomic E-state index is 12.0. The lowest BCUT2D eigenvalue weighted by molar-refractivity contribution is -0.141. The molecule has 1 aromatic carbocycles. The van der Waals surface area contributed by atoms with E-state index < -0.39 is 18.0 Å². The van der Waals surface area contributed by atoms with Crippen molar-refractivity contribution in [2.45, 2.75) is 31.7 Å². The molecule has 0 saturated carbocycles. The van der Waals surface area contributed by atoms with Gasteiger partial charge < -0.3 is 20.1 Å². The highest BCUT2D eigenvalue weighted by atomic mass is 35.5. The Kier molecular flexibility index (Phi) is 9.39. The first-order valence-electron chi connectivity index (χ1n) is 7.89. The molecule has 0 spiro atoms. The van der Waals surface area contributed by atoms with Crippen molar-refractivity contribution in [3.05, 3.63) is 34.9 Å². The number of carbonyl (C=O) groups is 3. The molecule has 0 fully saturated rings. The zero-order valence-corrected chi connectivity index (χ0v) is 15.1. The summed E-state index contributed by atoms with van der Waals surface area (Å²) in [5, 5.41) is 6.01. The molecule has 1 rings (SSSR count). The summed E-state index contributed by atoms with van der Waals surface area (Å²) in [5.74, 6) is -0.705. The van der Waals surface area contributed by atoms with E-state index in [1.807, 2.05) is 0 Å². The maximum Gasteiger partial charge on any atom is 0.315 e. The number of benzene rings is 1. The average Bonchev–Trinajstić information content (AvgIpc) is 2.61. The highest BCUT2D eigenvalue weighted by molar-refractivity contribution is 6.30. The van der Waals surface area contributed by atoms with Crippen molar-refractivity contribution in [1.82, 2.24) is 10.6 Å². The molecule has 8 heteroatoms. The van der Waals surface area contributed by atoms with Gasteiger partial charge in [-0.1, -0.05) is 23.7 Å². The number of nitrogens with one attached hydrogen (secondary N) is 2. The third-order valence-electron chi connectivity index (χ3n) is 3.50. The van der Waals surface area contributed by atoms with Crippen LogP contribution < -0.4 is 10.6 Å². The van der Waals surface area contributed by atoms with Gasteiger partial charge in [0.05, 0.1) is 26.7 Å². The zero-order chi connectivity index (χ0) is 18.7. The van der Waals surface area contributed by atoms with Crippen LogP contribution in [0.2, 0.25) is 5.02 Å². The van der Waals surface area contributed by atoms with Gasteiger partial charge in [-0.3, -0.25) is 9.59 Å². The highest BCUT2D eigenvalue weighted by Gasteiger charge is 2.18. The Morgan fingerprint density at radius 3 is 2.28 bits per heavy atom. The molecule has 25 heavy (non-hydrogen) atoms. The molecule has 0 aliphatic rings. The molecule has 7 nitrogen and oxygen atoms in total. The fourth-order valence-electron chi connectivity index (χ4n) is 2.10. The Bertz CT molecular complexity index is 577. The Morgan fingerprint density at radius 1 is 1.04 bits per heavy atom. The van der Waals surface area contributed by atoms with Crippen LogP contribution in [0.25, 0.3) is 0 Å². The molecule has 0 bridgehead atoms. The normalized spacial score (nSPS) is 11.3. The van der Waals surface area contributed by atoms with E-state index in [-0.39, 0.29) is 12.4 Å². The van der Waals surface area contributed by atoms with E-state index in [1.54, 1.807) is 24.3 Å². The first-order chi connectivity index (χ1) is 12.0. The van der Waals surface area contributed by atoms with Gasteiger partial charge in [-0.25, -0.2) is 4.79 Å². The van der Waals surface area contributed by atoms with Crippen molar-refractivity contribution in [1.29, 1.82) is 0 Å². The lowest BCUT2D eigenvalue weighted by Gasteiger charge is -2.18. The van der Waals surface area contributed by atoms with Crippen molar-refractivity contribution in [2.75, 3.05) is 20.8 Å². The number of hydrogen-bond donors (Lipinski definition) is 2. The lowest BCUT2D eigenvalue weighted by atomic mass is 10.0. The monoisotopic (exact) mass is 370 g/mol. The minimum atomic E-state index is -0.528. The van der Waals surface area contributed by atoms with Gasteiger partial charge in [-0.05, 0) is 30.5 Å². The standard InChI is InChI=1S/C17H23ClN2O5/c1-24-15(21)5-3-4-10-19-17(23)20-14(11-16(22)25-2)12-6-8-13(18)9-7-12/h6-9,14H,3-5,10-11H2,1-2H3,(H2,19,20,23). The van der Waals surface area contributed by atoms with E-state index in [4.69, 9.17) is 11.6 Å². The number of halogens is 1. The first kappa shape index (κ1) is 20.8. The number of hydrogen-bond acceptors (Lipinski definition) is 5. The summed E-state index contributed by atoms with van der Waals surface area (Å²) in [6, 6.07) is 5.93. The molecular formula is C17H23ClN2O5. The van der Waals surface area contributed by atoms with Crippen LogP contribution >= 0.6 is 11.6 Å². The van der Waals surface area contributed by atoms with Gasteiger partial charge in [-0.15, -0.1) is 0 Å². The first-order valence-corrected chi connectivity index (χ1v) is 8.27. The minimum Gasteiger partial charge on any atom is -0.469 e. The molecule has 138 valence electrons. The maximum atomic E-state index is 12.0. The third-order valence-corrected chi connectivity index (χ3v) is 3.75. The van der Waals surface area contributed by atoms with Crippen LogP contribution in [0.1, 0.15) is 37.3 Å².